The van der Waals surface area contributed by atoms with Crippen LogP contribution in [0.5, 0.6) is 0 Å². The monoisotopic (exact) mass is 420 g/mol. The maximum absolute atomic E-state index is 15.0. The van der Waals surface area contributed by atoms with Gasteiger partial charge in [-0.3, -0.25) is 0 Å². The average molecular weight is 420 g/mol. The number of hydrogen-bond donors (Lipinski definition) is 1. The summed E-state index contributed by atoms with van der Waals surface area (Å²) in [6.45, 7) is 3.46. The summed E-state index contributed by atoms with van der Waals surface area (Å²) >= 11 is 0. The maximum Gasteiger partial charge on any atom is 0.306 e. The van der Waals surface area contributed by atoms with Crippen molar-refractivity contribution >= 4 is 0 Å². The Kier molecular flexibility index (Phi) is 8.07. The Balaban J connectivity index is 1.65. The number of rotatable bonds is 10. The molecule has 4 atom stereocenters. The van der Waals surface area contributed by atoms with Crippen LogP contribution in [0.25, 0.3) is 0 Å². The molecule has 0 saturated carbocycles. The molecule has 1 fully saturated rings. The molecule has 1 N–H and O–H groups in total. The molecule has 0 bridgehead atoms. The smallest absolute Gasteiger partial charge is 0.306 e. The second-order valence-corrected chi connectivity index (χ2v) is 7.00. The van der Waals surface area contributed by atoms with E-state index in [0.29, 0.717) is 0 Å². The van der Waals surface area contributed by atoms with Crippen molar-refractivity contribution in [1.82, 2.24) is 0 Å². The quantitative estimate of drug-likeness (QED) is 0.594. The van der Waals surface area contributed by atoms with E-state index < -0.39 is 30.5 Å². The van der Waals surface area contributed by atoms with E-state index in [-0.39, 0.29) is 26.4 Å². The predicted molar refractivity (Wildman–Crippen MR) is 107 cm³/mol. The SMILES string of the molecule is C=CCO[C@@H]1O[C@H](COCc2ccccc2)[C@@H](O)C(F)(F)[C@H]1OCc1ccccc1. The number of ether oxygens (including phenoxy) is 4. The Morgan fingerprint density at radius 3 is 2.17 bits per heavy atom. The van der Waals surface area contributed by atoms with Gasteiger partial charge in [-0.2, -0.15) is 0 Å². The summed E-state index contributed by atoms with van der Waals surface area (Å²) in [6, 6.07) is 18.2. The second-order valence-electron chi connectivity index (χ2n) is 7.00. The normalized spacial score (nSPS) is 25.7. The van der Waals surface area contributed by atoms with Crippen LogP contribution in [0.2, 0.25) is 0 Å². The summed E-state index contributed by atoms with van der Waals surface area (Å²) in [6.07, 6.45) is -5.09. The first-order chi connectivity index (χ1) is 14.5. The molecule has 162 valence electrons. The molecular formula is C23H26F2O5. The van der Waals surface area contributed by atoms with Gasteiger partial charge in [0.15, 0.2) is 12.4 Å². The molecule has 1 aliphatic heterocycles. The summed E-state index contributed by atoms with van der Waals surface area (Å²) in [5.74, 6) is -3.60. The number of aliphatic hydroxyl groups excluding tert-OH is 1. The Labute approximate surface area is 174 Å². The van der Waals surface area contributed by atoms with Gasteiger partial charge in [-0.1, -0.05) is 66.7 Å². The molecule has 1 aliphatic rings. The lowest BCUT2D eigenvalue weighted by molar-refractivity contribution is -0.355. The summed E-state index contributed by atoms with van der Waals surface area (Å²) in [7, 11) is 0. The third-order valence-electron chi connectivity index (χ3n) is 4.73. The minimum Gasteiger partial charge on any atom is -0.384 e. The van der Waals surface area contributed by atoms with Crippen molar-refractivity contribution in [2.45, 2.75) is 43.7 Å². The van der Waals surface area contributed by atoms with Gasteiger partial charge < -0.3 is 24.1 Å². The van der Waals surface area contributed by atoms with Crippen molar-refractivity contribution in [1.29, 1.82) is 0 Å². The van der Waals surface area contributed by atoms with E-state index in [1.807, 2.05) is 36.4 Å². The maximum atomic E-state index is 15.0. The summed E-state index contributed by atoms with van der Waals surface area (Å²) < 4.78 is 52.0. The van der Waals surface area contributed by atoms with Crippen molar-refractivity contribution in [3.05, 3.63) is 84.4 Å². The average Bonchev–Trinajstić information content (AvgIpc) is 2.76. The summed E-state index contributed by atoms with van der Waals surface area (Å²) in [5, 5.41) is 10.3. The molecule has 1 saturated heterocycles. The fourth-order valence-electron chi connectivity index (χ4n) is 3.15. The summed E-state index contributed by atoms with van der Waals surface area (Å²) in [4.78, 5) is 0. The molecule has 0 aromatic heterocycles. The summed E-state index contributed by atoms with van der Waals surface area (Å²) in [5.41, 5.74) is 1.61. The molecule has 0 unspecified atom stereocenters. The predicted octanol–water partition coefficient (Wildman–Crippen LogP) is 3.71. The standard InChI is InChI=1S/C23H26F2O5/c1-2-13-28-22-21(29-15-18-11-7-4-8-12-18)23(24,25)20(26)19(30-22)16-27-14-17-9-5-3-6-10-17/h2-12,19-22,26H,1,13-16H2/t19-,20-,21+,22-/m1/s1. The van der Waals surface area contributed by atoms with Crippen LogP contribution < -0.4 is 0 Å². The third kappa shape index (κ3) is 5.71. The van der Waals surface area contributed by atoms with Gasteiger partial charge in [0.1, 0.15) is 12.2 Å². The molecule has 0 amide bonds. The van der Waals surface area contributed by atoms with Gasteiger partial charge in [0.05, 0.1) is 26.4 Å². The van der Waals surface area contributed by atoms with E-state index in [4.69, 9.17) is 18.9 Å². The molecule has 2 aromatic rings. The Morgan fingerprint density at radius 1 is 0.967 bits per heavy atom. The first-order valence-electron chi connectivity index (χ1n) is 9.73. The lowest BCUT2D eigenvalue weighted by atomic mass is 9.97. The van der Waals surface area contributed by atoms with Gasteiger partial charge in [-0.15, -0.1) is 6.58 Å². The minimum atomic E-state index is -3.60. The topological polar surface area (TPSA) is 57.2 Å². The Bertz CT molecular complexity index is 772. The first kappa shape index (κ1) is 22.5. The fraction of sp³-hybridized carbons (Fsp3) is 0.391. The van der Waals surface area contributed by atoms with E-state index in [1.54, 1.807) is 24.3 Å². The highest BCUT2D eigenvalue weighted by molar-refractivity contribution is 5.14. The van der Waals surface area contributed by atoms with Crippen LogP contribution in [0, 0.1) is 0 Å². The van der Waals surface area contributed by atoms with Crippen molar-refractivity contribution < 1.29 is 32.8 Å². The third-order valence-corrected chi connectivity index (χ3v) is 4.73. The van der Waals surface area contributed by atoms with Crippen LogP contribution in [0.3, 0.4) is 0 Å². The molecule has 5 nitrogen and oxygen atoms in total. The van der Waals surface area contributed by atoms with Crippen LogP contribution in [0.15, 0.2) is 73.3 Å². The fourth-order valence-corrected chi connectivity index (χ4v) is 3.15. The zero-order chi connectivity index (χ0) is 21.4. The zero-order valence-electron chi connectivity index (χ0n) is 16.5. The molecule has 1 heterocycles. The van der Waals surface area contributed by atoms with E-state index in [9.17, 15) is 5.11 Å². The largest absolute Gasteiger partial charge is 0.384 e. The lowest BCUT2D eigenvalue weighted by Crippen LogP contribution is -2.64. The first-order valence-corrected chi connectivity index (χ1v) is 9.73. The second kappa shape index (κ2) is 10.7. The van der Waals surface area contributed by atoms with Gasteiger partial charge in [0, 0.05) is 0 Å². The van der Waals surface area contributed by atoms with E-state index in [1.165, 1.54) is 6.08 Å². The van der Waals surface area contributed by atoms with E-state index in [2.05, 4.69) is 6.58 Å². The van der Waals surface area contributed by atoms with Gasteiger partial charge in [-0.25, -0.2) is 8.78 Å². The van der Waals surface area contributed by atoms with Crippen molar-refractivity contribution in [2.24, 2.45) is 0 Å². The van der Waals surface area contributed by atoms with Gasteiger partial charge in [0.25, 0.3) is 0 Å². The molecule has 0 spiro atoms. The molecule has 3 rings (SSSR count). The van der Waals surface area contributed by atoms with Gasteiger partial charge in [0.2, 0.25) is 0 Å². The van der Waals surface area contributed by atoms with Crippen LogP contribution in [0.4, 0.5) is 8.78 Å². The number of hydrogen-bond acceptors (Lipinski definition) is 5. The number of benzene rings is 2. The van der Waals surface area contributed by atoms with E-state index in [0.717, 1.165) is 11.1 Å². The van der Waals surface area contributed by atoms with Crippen molar-refractivity contribution in [3.63, 3.8) is 0 Å². The molecular weight excluding hydrogens is 394 g/mol. The number of halogens is 2. The van der Waals surface area contributed by atoms with E-state index >= 15 is 8.78 Å². The lowest BCUT2D eigenvalue weighted by Gasteiger charge is -2.43. The number of aliphatic hydroxyl groups is 1. The highest BCUT2D eigenvalue weighted by atomic mass is 19.3. The van der Waals surface area contributed by atoms with Gasteiger partial charge >= 0.3 is 5.92 Å². The Morgan fingerprint density at radius 2 is 1.57 bits per heavy atom. The number of alkyl halides is 2. The van der Waals surface area contributed by atoms with Crippen LogP contribution in [-0.4, -0.2) is 48.8 Å². The molecule has 0 aliphatic carbocycles. The Hall–Kier alpha value is -2.16. The van der Waals surface area contributed by atoms with Crippen LogP contribution in [0.1, 0.15) is 11.1 Å². The molecule has 30 heavy (non-hydrogen) atoms. The van der Waals surface area contributed by atoms with Crippen molar-refractivity contribution in [3.8, 4) is 0 Å². The molecule has 2 aromatic carbocycles. The van der Waals surface area contributed by atoms with Crippen LogP contribution >= 0.6 is 0 Å². The van der Waals surface area contributed by atoms with Gasteiger partial charge in [-0.05, 0) is 11.1 Å². The minimum absolute atomic E-state index is 0.000366. The van der Waals surface area contributed by atoms with Crippen LogP contribution in [-0.2, 0) is 32.2 Å². The highest BCUT2D eigenvalue weighted by Crippen LogP contribution is 2.37. The zero-order valence-corrected chi connectivity index (χ0v) is 16.5. The van der Waals surface area contributed by atoms with Crippen molar-refractivity contribution in [2.75, 3.05) is 13.2 Å². The molecule has 7 heteroatoms. The molecule has 0 radical (unpaired) electrons. The highest BCUT2D eigenvalue weighted by Gasteiger charge is 2.59.